The fourth-order valence-corrected chi connectivity index (χ4v) is 3.60. The van der Waals surface area contributed by atoms with Gasteiger partial charge in [0.05, 0.1) is 6.42 Å². The van der Waals surface area contributed by atoms with Gasteiger partial charge < -0.3 is 19.3 Å². The third kappa shape index (κ3) is 3.81. The van der Waals surface area contributed by atoms with Gasteiger partial charge in [-0.25, -0.2) is 0 Å². The number of ether oxygens (including phenoxy) is 2. The second kappa shape index (κ2) is 7.92. The van der Waals surface area contributed by atoms with E-state index in [9.17, 15) is 9.59 Å². The molecule has 0 radical (unpaired) electrons. The number of hydrogen-bond acceptors (Lipinski definition) is 4. The van der Waals surface area contributed by atoms with Gasteiger partial charge in [-0.15, -0.1) is 0 Å². The highest BCUT2D eigenvalue weighted by molar-refractivity contribution is 5.83. The second-order valence-electron chi connectivity index (χ2n) is 7.17. The van der Waals surface area contributed by atoms with E-state index in [1.807, 2.05) is 54.3 Å². The SMILES string of the molecule is Cc1ccccc1CC(=O)N1CCN(C(=O)C2COc3ccccc3O2)CC1. The first-order chi connectivity index (χ1) is 13.6. The maximum Gasteiger partial charge on any atom is 0.267 e. The standard InChI is InChI=1S/C22H24N2O4/c1-16-6-2-3-7-17(16)14-21(25)23-10-12-24(13-11-23)22(26)20-15-27-18-8-4-5-9-19(18)28-20/h2-9,20H,10-15H2,1H3. The van der Waals surface area contributed by atoms with Crippen molar-refractivity contribution in [3.05, 3.63) is 59.7 Å². The van der Waals surface area contributed by atoms with Gasteiger partial charge in [0.2, 0.25) is 12.0 Å². The number of aryl methyl sites for hydroxylation is 1. The van der Waals surface area contributed by atoms with Gasteiger partial charge in [0, 0.05) is 26.2 Å². The molecule has 28 heavy (non-hydrogen) atoms. The van der Waals surface area contributed by atoms with E-state index in [-0.39, 0.29) is 18.4 Å². The Balaban J connectivity index is 1.31. The molecule has 6 heteroatoms. The number of carbonyl (C=O) groups is 2. The lowest BCUT2D eigenvalue weighted by Gasteiger charge is -2.37. The molecule has 4 rings (SSSR count). The zero-order valence-electron chi connectivity index (χ0n) is 16.0. The average molecular weight is 380 g/mol. The Morgan fingerprint density at radius 2 is 1.57 bits per heavy atom. The highest BCUT2D eigenvalue weighted by atomic mass is 16.6. The number of carbonyl (C=O) groups excluding carboxylic acids is 2. The summed E-state index contributed by atoms with van der Waals surface area (Å²) in [6.07, 6.45) is -0.235. The van der Waals surface area contributed by atoms with Crippen LogP contribution in [0.4, 0.5) is 0 Å². The minimum absolute atomic E-state index is 0.0829. The highest BCUT2D eigenvalue weighted by Crippen LogP contribution is 2.31. The van der Waals surface area contributed by atoms with Gasteiger partial charge in [-0.05, 0) is 30.2 Å². The molecular weight excluding hydrogens is 356 g/mol. The van der Waals surface area contributed by atoms with Crippen molar-refractivity contribution in [2.75, 3.05) is 32.8 Å². The van der Waals surface area contributed by atoms with Crippen LogP contribution in [-0.2, 0) is 16.0 Å². The van der Waals surface area contributed by atoms with Crippen molar-refractivity contribution >= 4 is 11.8 Å². The minimum Gasteiger partial charge on any atom is -0.485 e. The molecule has 2 aromatic rings. The van der Waals surface area contributed by atoms with Crippen molar-refractivity contribution in [3.63, 3.8) is 0 Å². The number of para-hydroxylation sites is 2. The first-order valence-corrected chi connectivity index (χ1v) is 9.61. The summed E-state index contributed by atoms with van der Waals surface area (Å²) in [6, 6.07) is 15.3. The summed E-state index contributed by atoms with van der Waals surface area (Å²) in [5, 5.41) is 0. The van der Waals surface area contributed by atoms with Crippen LogP contribution in [0, 0.1) is 6.92 Å². The summed E-state index contributed by atoms with van der Waals surface area (Å²) in [4.78, 5) is 29.0. The van der Waals surface area contributed by atoms with Crippen LogP contribution >= 0.6 is 0 Å². The number of fused-ring (bicyclic) bond motifs is 1. The molecule has 0 aliphatic carbocycles. The second-order valence-corrected chi connectivity index (χ2v) is 7.17. The fraction of sp³-hybridized carbons (Fsp3) is 0.364. The zero-order chi connectivity index (χ0) is 19.5. The zero-order valence-corrected chi connectivity index (χ0v) is 16.0. The molecule has 0 aromatic heterocycles. The first kappa shape index (κ1) is 18.3. The van der Waals surface area contributed by atoms with E-state index in [4.69, 9.17) is 9.47 Å². The van der Waals surface area contributed by atoms with Crippen molar-refractivity contribution in [2.45, 2.75) is 19.4 Å². The molecule has 1 unspecified atom stereocenters. The van der Waals surface area contributed by atoms with Gasteiger partial charge in [-0.3, -0.25) is 9.59 Å². The van der Waals surface area contributed by atoms with E-state index in [1.165, 1.54) is 0 Å². The monoisotopic (exact) mass is 380 g/mol. The largest absolute Gasteiger partial charge is 0.485 e. The Labute approximate surface area is 164 Å². The molecule has 2 heterocycles. The summed E-state index contributed by atoms with van der Waals surface area (Å²) in [5.41, 5.74) is 2.18. The number of piperazine rings is 1. The summed E-state index contributed by atoms with van der Waals surface area (Å²) < 4.78 is 11.5. The van der Waals surface area contributed by atoms with Crippen LogP contribution < -0.4 is 9.47 Å². The van der Waals surface area contributed by atoms with Gasteiger partial charge in [0.1, 0.15) is 6.61 Å². The van der Waals surface area contributed by atoms with Gasteiger partial charge in [0.15, 0.2) is 11.5 Å². The number of rotatable bonds is 3. The molecule has 1 saturated heterocycles. The lowest BCUT2D eigenvalue weighted by atomic mass is 10.1. The molecule has 1 atom stereocenters. The molecule has 2 amide bonds. The summed E-state index contributed by atoms with van der Waals surface area (Å²) in [7, 11) is 0. The lowest BCUT2D eigenvalue weighted by molar-refractivity contribution is -0.146. The molecule has 6 nitrogen and oxygen atoms in total. The van der Waals surface area contributed by atoms with Crippen LogP contribution in [0.1, 0.15) is 11.1 Å². The van der Waals surface area contributed by atoms with Crippen LogP contribution in [0.25, 0.3) is 0 Å². The van der Waals surface area contributed by atoms with E-state index in [0.29, 0.717) is 44.1 Å². The van der Waals surface area contributed by atoms with E-state index in [2.05, 4.69) is 0 Å². The molecule has 1 fully saturated rings. The molecule has 0 saturated carbocycles. The topological polar surface area (TPSA) is 59.1 Å². The van der Waals surface area contributed by atoms with Gasteiger partial charge >= 0.3 is 0 Å². The fourth-order valence-electron chi connectivity index (χ4n) is 3.60. The summed E-state index contributed by atoms with van der Waals surface area (Å²) in [6.45, 7) is 4.34. The van der Waals surface area contributed by atoms with E-state index >= 15 is 0 Å². The Kier molecular flexibility index (Phi) is 5.19. The molecule has 146 valence electrons. The molecular formula is C22H24N2O4. The summed E-state index contributed by atoms with van der Waals surface area (Å²) in [5.74, 6) is 1.28. The van der Waals surface area contributed by atoms with Crippen molar-refractivity contribution < 1.29 is 19.1 Å². The van der Waals surface area contributed by atoms with Crippen molar-refractivity contribution in [3.8, 4) is 11.5 Å². The molecule has 2 aliphatic heterocycles. The quantitative estimate of drug-likeness (QED) is 0.818. The van der Waals surface area contributed by atoms with E-state index < -0.39 is 6.10 Å². The third-order valence-corrected chi connectivity index (χ3v) is 5.33. The average Bonchev–Trinajstić information content (AvgIpc) is 2.74. The molecule has 0 N–H and O–H groups in total. The third-order valence-electron chi connectivity index (χ3n) is 5.33. The van der Waals surface area contributed by atoms with Gasteiger partial charge in [-0.2, -0.15) is 0 Å². The van der Waals surface area contributed by atoms with Gasteiger partial charge in [-0.1, -0.05) is 36.4 Å². The predicted molar refractivity (Wildman–Crippen MR) is 104 cm³/mol. The number of nitrogens with zero attached hydrogens (tertiary/aromatic N) is 2. The lowest BCUT2D eigenvalue weighted by Crippen LogP contribution is -2.55. The Hall–Kier alpha value is -3.02. The maximum atomic E-state index is 12.8. The van der Waals surface area contributed by atoms with Crippen LogP contribution in [0.3, 0.4) is 0 Å². The first-order valence-electron chi connectivity index (χ1n) is 9.61. The van der Waals surface area contributed by atoms with Crippen molar-refractivity contribution in [1.82, 2.24) is 9.80 Å². The van der Waals surface area contributed by atoms with E-state index in [0.717, 1.165) is 11.1 Å². The van der Waals surface area contributed by atoms with Crippen LogP contribution in [0.5, 0.6) is 11.5 Å². The van der Waals surface area contributed by atoms with Crippen LogP contribution in [0.15, 0.2) is 48.5 Å². The molecule has 2 aliphatic rings. The van der Waals surface area contributed by atoms with Crippen LogP contribution in [0.2, 0.25) is 0 Å². The number of hydrogen-bond donors (Lipinski definition) is 0. The number of benzene rings is 2. The smallest absolute Gasteiger partial charge is 0.267 e. The van der Waals surface area contributed by atoms with Crippen molar-refractivity contribution in [2.24, 2.45) is 0 Å². The summed E-state index contributed by atoms with van der Waals surface area (Å²) >= 11 is 0. The Morgan fingerprint density at radius 3 is 2.32 bits per heavy atom. The molecule has 2 aromatic carbocycles. The van der Waals surface area contributed by atoms with Crippen molar-refractivity contribution in [1.29, 1.82) is 0 Å². The number of amides is 2. The molecule has 0 spiro atoms. The van der Waals surface area contributed by atoms with E-state index in [1.54, 1.807) is 11.0 Å². The normalized spacial score (nSPS) is 18.7. The Bertz CT molecular complexity index is 874. The highest BCUT2D eigenvalue weighted by Gasteiger charge is 2.33. The van der Waals surface area contributed by atoms with Gasteiger partial charge in [0.25, 0.3) is 5.91 Å². The van der Waals surface area contributed by atoms with Crippen LogP contribution in [-0.4, -0.2) is 60.5 Å². The Morgan fingerprint density at radius 1 is 0.929 bits per heavy atom. The predicted octanol–water partition coefficient (Wildman–Crippen LogP) is 2.05. The minimum atomic E-state index is -0.635. The molecule has 0 bridgehead atoms. The maximum absolute atomic E-state index is 12.8.